The lowest BCUT2D eigenvalue weighted by molar-refractivity contribution is -0.126. The van der Waals surface area contributed by atoms with E-state index < -0.39 is 10.0 Å². The molecule has 1 saturated heterocycles. The highest BCUT2D eigenvalue weighted by Crippen LogP contribution is 2.28. The predicted molar refractivity (Wildman–Crippen MR) is 113 cm³/mol. The van der Waals surface area contributed by atoms with Gasteiger partial charge in [-0.15, -0.1) is 11.3 Å². The van der Waals surface area contributed by atoms with E-state index in [1.807, 2.05) is 56.3 Å². The molecule has 0 aliphatic carbocycles. The van der Waals surface area contributed by atoms with Crippen LogP contribution in [-0.4, -0.2) is 45.8 Å². The maximum absolute atomic E-state index is 12.8. The molecule has 152 valence electrons. The van der Waals surface area contributed by atoms with Crippen LogP contribution in [0.2, 0.25) is 0 Å². The molecule has 28 heavy (non-hydrogen) atoms. The van der Waals surface area contributed by atoms with E-state index in [4.69, 9.17) is 0 Å². The summed E-state index contributed by atoms with van der Waals surface area (Å²) in [5.41, 5.74) is 2.10. The number of carbonyl (C=O) groups is 1. The van der Waals surface area contributed by atoms with Crippen LogP contribution in [0.25, 0.3) is 0 Å². The fraction of sp³-hybridized carbons (Fsp3) is 0.450. The zero-order valence-electron chi connectivity index (χ0n) is 16.5. The SMILES string of the molecule is Cc1ccc(S(=O)(=O)N2CCCC(C(=O)NCc3cccc(N(C)C)c3)C2)s1. The van der Waals surface area contributed by atoms with E-state index in [2.05, 4.69) is 5.32 Å². The summed E-state index contributed by atoms with van der Waals surface area (Å²) in [6.45, 7) is 3.03. The summed E-state index contributed by atoms with van der Waals surface area (Å²) in [7, 11) is 0.428. The van der Waals surface area contributed by atoms with E-state index >= 15 is 0 Å². The average molecular weight is 422 g/mol. The van der Waals surface area contributed by atoms with Crippen molar-refractivity contribution in [3.63, 3.8) is 0 Å². The Balaban J connectivity index is 1.62. The minimum Gasteiger partial charge on any atom is -0.378 e. The minimum absolute atomic E-state index is 0.0856. The van der Waals surface area contributed by atoms with Gasteiger partial charge in [0.25, 0.3) is 10.0 Å². The summed E-state index contributed by atoms with van der Waals surface area (Å²) in [6, 6.07) is 11.5. The van der Waals surface area contributed by atoms with Gasteiger partial charge in [-0.05, 0) is 49.6 Å². The van der Waals surface area contributed by atoms with Crippen LogP contribution < -0.4 is 10.2 Å². The van der Waals surface area contributed by atoms with Gasteiger partial charge in [-0.1, -0.05) is 12.1 Å². The van der Waals surface area contributed by atoms with E-state index in [1.165, 1.54) is 15.6 Å². The van der Waals surface area contributed by atoms with Gasteiger partial charge in [0.05, 0.1) is 5.92 Å². The van der Waals surface area contributed by atoms with Crippen LogP contribution in [0.15, 0.2) is 40.6 Å². The number of piperidine rings is 1. The topological polar surface area (TPSA) is 69.7 Å². The van der Waals surface area contributed by atoms with Crippen molar-refractivity contribution < 1.29 is 13.2 Å². The lowest BCUT2D eigenvalue weighted by Gasteiger charge is -2.30. The Labute approximate surface area is 171 Å². The monoisotopic (exact) mass is 421 g/mol. The van der Waals surface area contributed by atoms with E-state index in [0.29, 0.717) is 30.1 Å². The summed E-state index contributed by atoms with van der Waals surface area (Å²) in [5, 5.41) is 2.97. The number of aryl methyl sites for hydroxylation is 1. The molecular weight excluding hydrogens is 394 g/mol. The highest BCUT2D eigenvalue weighted by Gasteiger charge is 2.33. The number of benzene rings is 1. The molecule has 1 aliphatic heterocycles. The third kappa shape index (κ3) is 4.74. The molecule has 1 unspecified atom stereocenters. The molecule has 0 saturated carbocycles. The Morgan fingerprint density at radius 2 is 2.07 bits per heavy atom. The first-order valence-electron chi connectivity index (χ1n) is 9.38. The molecule has 6 nitrogen and oxygen atoms in total. The lowest BCUT2D eigenvalue weighted by atomic mass is 9.98. The van der Waals surface area contributed by atoms with Crippen LogP contribution in [-0.2, 0) is 21.4 Å². The number of nitrogens with one attached hydrogen (secondary N) is 1. The Hall–Kier alpha value is -1.90. The molecule has 2 aromatic rings. The molecule has 1 aliphatic rings. The van der Waals surface area contributed by atoms with Crippen molar-refractivity contribution >= 4 is 33.0 Å². The Morgan fingerprint density at radius 1 is 1.29 bits per heavy atom. The molecule has 0 radical (unpaired) electrons. The minimum atomic E-state index is -3.52. The summed E-state index contributed by atoms with van der Waals surface area (Å²) in [6.07, 6.45) is 1.40. The fourth-order valence-electron chi connectivity index (χ4n) is 3.33. The van der Waals surface area contributed by atoms with Crippen molar-refractivity contribution in [1.82, 2.24) is 9.62 Å². The highest BCUT2D eigenvalue weighted by atomic mass is 32.2. The van der Waals surface area contributed by atoms with Crippen molar-refractivity contribution in [2.45, 2.75) is 30.5 Å². The number of hydrogen-bond donors (Lipinski definition) is 1. The number of anilines is 1. The van der Waals surface area contributed by atoms with E-state index in [-0.39, 0.29) is 18.4 Å². The zero-order chi connectivity index (χ0) is 20.3. The first-order chi connectivity index (χ1) is 13.3. The normalized spacial score (nSPS) is 18.0. The molecule has 0 bridgehead atoms. The molecule has 1 aromatic heterocycles. The van der Waals surface area contributed by atoms with Crippen molar-refractivity contribution in [2.75, 3.05) is 32.1 Å². The van der Waals surface area contributed by atoms with Crippen molar-refractivity contribution in [2.24, 2.45) is 5.92 Å². The fourth-order valence-corrected chi connectivity index (χ4v) is 6.29. The average Bonchev–Trinajstić information content (AvgIpc) is 3.13. The van der Waals surface area contributed by atoms with Crippen LogP contribution >= 0.6 is 11.3 Å². The smallest absolute Gasteiger partial charge is 0.252 e. The van der Waals surface area contributed by atoms with Gasteiger partial charge in [0, 0.05) is 44.3 Å². The van der Waals surface area contributed by atoms with Gasteiger partial charge in [-0.3, -0.25) is 4.79 Å². The van der Waals surface area contributed by atoms with Crippen LogP contribution in [0.4, 0.5) is 5.69 Å². The molecule has 0 spiro atoms. The molecular formula is C20H27N3O3S2. The van der Waals surface area contributed by atoms with Gasteiger partial charge in [0.1, 0.15) is 4.21 Å². The van der Waals surface area contributed by atoms with Gasteiger partial charge in [0.15, 0.2) is 0 Å². The number of rotatable bonds is 6. The molecule has 2 heterocycles. The quantitative estimate of drug-likeness (QED) is 0.779. The Kier molecular flexibility index (Phi) is 6.42. The summed E-state index contributed by atoms with van der Waals surface area (Å²) in [4.78, 5) is 15.6. The summed E-state index contributed by atoms with van der Waals surface area (Å²) < 4.78 is 27.5. The first-order valence-corrected chi connectivity index (χ1v) is 11.6. The first kappa shape index (κ1) is 20.8. The Morgan fingerprint density at radius 3 is 2.75 bits per heavy atom. The van der Waals surface area contributed by atoms with Crippen molar-refractivity contribution in [1.29, 1.82) is 0 Å². The third-order valence-electron chi connectivity index (χ3n) is 4.96. The molecule has 1 amide bonds. The van der Waals surface area contributed by atoms with Crippen LogP contribution in [0, 0.1) is 12.8 Å². The van der Waals surface area contributed by atoms with Crippen LogP contribution in [0.1, 0.15) is 23.3 Å². The second kappa shape index (κ2) is 8.63. The number of nitrogens with zero attached hydrogens (tertiary/aromatic N) is 2. The largest absolute Gasteiger partial charge is 0.378 e. The van der Waals surface area contributed by atoms with Gasteiger partial charge in [0.2, 0.25) is 5.91 Å². The highest BCUT2D eigenvalue weighted by molar-refractivity contribution is 7.91. The predicted octanol–water partition coefficient (Wildman–Crippen LogP) is 2.84. The molecule has 1 aromatic carbocycles. The van der Waals surface area contributed by atoms with Crippen molar-refractivity contribution in [3.05, 3.63) is 46.8 Å². The van der Waals surface area contributed by atoms with Gasteiger partial charge < -0.3 is 10.2 Å². The maximum atomic E-state index is 12.8. The van der Waals surface area contributed by atoms with Crippen LogP contribution in [0.5, 0.6) is 0 Å². The summed E-state index contributed by atoms with van der Waals surface area (Å²) >= 11 is 1.27. The standard InChI is InChI=1S/C20H27N3O3S2/c1-15-9-10-19(27-15)28(25,26)23-11-5-7-17(14-23)20(24)21-13-16-6-4-8-18(12-16)22(2)3/h4,6,8-10,12,17H,5,7,11,13-14H2,1-3H3,(H,21,24). The Bertz CT molecular complexity index is 938. The van der Waals surface area contributed by atoms with Gasteiger partial charge in [-0.2, -0.15) is 4.31 Å². The lowest BCUT2D eigenvalue weighted by Crippen LogP contribution is -2.45. The molecule has 8 heteroatoms. The van der Waals surface area contributed by atoms with E-state index in [9.17, 15) is 13.2 Å². The number of sulfonamides is 1. The van der Waals surface area contributed by atoms with Crippen LogP contribution in [0.3, 0.4) is 0 Å². The molecule has 1 atom stereocenters. The van der Waals surface area contributed by atoms with E-state index in [0.717, 1.165) is 16.1 Å². The third-order valence-corrected chi connectivity index (χ3v) is 8.29. The van der Waals surface area contributed by atoms with Gasteiger partial charge in [-0.25, -0.2) is 8.42 Å². The maximum Gasteiger partial charge on any atom is 0.252 e. The molecule has 1 N–H and O–H groups in total. The van der Waals surface area contributed by atoms with Crippen molar-refractivity contribution in [3.8, 4) is 0 Å². The zero-order valence-corrected chi connectivity index (χ0v) is 18.1. The van der Waals surface area contributed by atoms with E-state index in [1.54, 1.807) is 6.07 Å². The summed E-state index contributed by atoms with van der Waals surface area (Å²) in [5.74, 6) is -0.404. The van der Waals surface area contributed by atoms with Gasteiger partial charge >= 0.3 is 0 Å². The number of carbonyl (C=O) groups excluding carboxylic acids is 1. The number of thiophene rings is 1. The number of amides is 1. The molecule has 1 fully saturated rings. The molecule has 3 rings (SSSR count). The second-order valence-electron chi connectivity index (χ2n) is 7.35. The second-order valence-corrected chi connectivity index (χ2v) is 10.8. The number of hydrogen-bond acceptors (Lipinski definition) is 5.